The number of Topliss-reactive ketones (excluding diaryl/α,β-unsaturated/α-hetero) is 1. The molecule has 4 aromatic rings. The van der Waals surface area contributed by atoms with Crippen LogP contribution in [-0.4, -0.2) is 27.0 Å². The lowest BCUT2D eigenvalue weighted by Crippen LogP contribution is -2.29. The lowest BCUT2D eigenvalue weighted by Gasteiger charge is -2.22. The Labute approximate surface area is 223 Å². The first-order chi connectivity index (χ1) is 18.0. The summed E-state index contributed by atoms with van der Waals surface area (Å²) in [5.74, 6) is -0.956. The molecule has 8 heteroatoms. The second-order valence-electron chi connectivity index (χ2n) is 8.76. The van der Waals surface area contributed by atoms with Crippen LogP contribution < -0.4 is 4.90 Å². The van der Waals surface area contributed by atoms with Crippen molar-refractivity contribution >= 4 is 45.7 Å². The molecule has 0 saturated carbocycles. The monoisotopic (exact) mass is 527 g/mol. The summed E-state index contributed by atoms with van der Waals surface area (Å²) < 4.78 is 0.694. The highest BCUT2D eigenvalue weighted by molar-refractivity contribution is 8.00. The first kappa shape index (κ1) is 24.9. The molecule has 0 spiro atoms. The molecule has 1 aliphatic heterocycles. The Kier molecular flexibility index (Phi) is 7.21. The zero-order valence-corrected chi connectivity index (χ0v) is 22.1. The van der Waals surface area contributed by atoms with Gasteiger partial charge in [0.25, 0.3) is 5.78 Å². The number of carbonyl (C=O) groups is 2. The summed E-state index contributed by atoms with van der Waals surface area (Å²) in [7, 11) is 0. The number of anilines is 1. The first-order valence-electron chi connectivity index (χ1n) is 11.9. The molecule has 1 unspecified atom stereocenters. The van der Waals surface area contributed by atoms with Gasteiger partial charge in [0.05, 0.1) is 11.6 Å². The summed E-state index contributed by atoms with van der Waals surface area (Å²) in [4.78, 5) is 28.1. The minimum absolute atomic E-state index is 0.0480. The van der Waals surface area contributed by atoms with Gasteiger partial charge in [0, 0.05) is 11.3 Å². The molecule has 1 saturated heterocycles. The van der Waals surface area contributed by atoms with Crippen LogP contribution in [0.1, 0.15) is 40.8 Å². The van der Waals surface area contributed by atoms with Crippen LogP contribution in [0, 0.1) is 6.92 Å². The molecule has 1 aromatic heterocycles. The van der Waals surface area contributed by atoms with Crippen molar-refractivity contribution < 1.29 is 14.7 Å². The molecule has 1 N–H and O–H groups in total. The van der Waals surface area contributed by atoms with E-state index in [-0.39, 0.29) is 11.3 Å². The molecule has 37 heavy (non-hydrogen) atoms. The second-order valence-corrected chi connectivity index (χ2v) is 10.9. The van der Waals surface area contributed by atoms with Gasteiger partial charge in [0.2, 0.25) is 5.13 Å². The normalized spacial score (nSPS) is 16.9. The molecule has 1 fully saturated rings. The summed E-state index contributed by atoms with van der Waals surface area (Å²) in [6.45, 7) is 4.01. The van der Waals surface area contributed by atoms with Crippen molar-refractivity contribution in [2.75, 3.05) is 4.90 Å². The van der Waals surface area contributed by atoms with Crippen molar-refractivity contribution in [2.45, 2.75) is 36.4 Å². The average molecular weight is 528 g/mol. The molecular weight excluding hydrogens is 502 g/mol. The predicted molar refractivity (Wildman–Crippen MR) is 148 cm³/mol. The Morgan fingerprint density at radius 2 is 1.65 bits per heavy atom. The smallest absolute Gasteiger partial charge is 0.301 e. The third kappa shape index (κ3) is 5.08. The Hall–Kier alpha value is -3.75. The van der Waals surface area contributed by atoms with E-state index < -0.39 is 17.7 Å². The third-order valence-corrected chi connectivity index (χ3v) is 8.41. The topological polar surface area (TPSA) is 83.4 Å². The van der Waals surface area contributed by atoms with Crippen LogP contribution in [-0.2, 0) is 21.8 Å². The first-order valence-corrected chi connectivity index (χ1v) is 13.7. The van der Waals surface area contributed by atoms with Crippen molar-refractivity contribution in [3.8, 4) is 0 Å². The number of carbonyl (C=O) groups excluding carboxylic acids is 2. The fourth-order valence-corrected chi connectivity index (χ4v) is 6.05. The number of hydrogen-bond acceptors (Lipinski definition) is 7. The zero-order valence-electron chi connectivity index (χ0n) is 20.4. The lowest BCUT2D eigenvalue weighted by molar-refractivity contribution is -0.132. The number of aliphatic hydroxyl groups is 1. The highest BCUT2D eigenvalue weighted by Gasteiger charge is 2.48. The van der Waals surface area contributed by atoms with Crippen molar-refractivity contribution in [2.24, 2.45) is 0 Å². The minimum Gasteiger partial charge on any atom is -0.507 e. The number of ketones is 1. The molecule has 0 aliphatic carbocycles. The molecule has 2 heterocycles. The van der Waals surface area contributed by atoms with Gasteiger partial charge in [-0.15, -0.1) is 10.2 Å². The van der Waals surface area contributed by atoms with Gasteiger partial charge in [0.15, 0.2) is 4.34 Å². The van der Waals surface area contributed by atoms with Gasteiger partial charge >= 0.3 is 5.91 Å². The van der Waals surface area contributed by atoms with Gasteiger partial charge in [-0.25, -0.2) is 0 Å². The molecule has 1 amide bonds. The van der Waals surface area contributed by atoms with Crippen LogP contribution in [0.4, 0.5) is 5.13 Å². The van der Waals surface area contributed by atoms with Crippen molar-refractivity contribution in [3.05, 3.63) is 112 Å². The highest BCUT2D eigenvalue weighted by atomic mass is 32.2. The summed E-state index contributed by atoms with van der Waals surface area (Å²) in [6, 6.07) is 24.2. The average Bonchev–Trinajstić information content (AvgIpc) is 3.50. The van der Waals surface area contributed by atoms with E-state index in [1.54, 1.807) is 12.1 Å². The van der Waals surface area contributed by atoms with E-state index in [0.717, 1.165) is 28.7 Å². The molecule has 3 aromatic carbocycles. The molecule has 186 valence electrons. The quantitative estimate of drug-likeness (QED) is 0.0995. The van der Waals surface area contributed by atoms with Gasteiger partial charge < -0.3 is 5.11 Å². The van der Waals surface area contributed by atoms with Crippen LogP contribution in [0.25, 0.3) is 5.76 Å². The fraction of sp³-hybridized carbons (Fsp3) is 0.172. The standard InChI is InChI=1S/C29H25N3O3S2/c1-3-19-11-15-21(16-12-19)24-23(25(33)22-13-9-18(2)10-14-22)26(34)27(35)32(24)28-30-31-29(37-28)36-17-20-7-5-4-6-8-20/h4-16,24,33H,3,17H2,1-2H3/b25-23-. The molecule has 0 bridgehead atoms. The Bertz CT molecular complexity index is 1460. The van der Waals surface area contributed by atoms with E-state index in [0.29, 0.717) is 20.8 Å². The summed E-state index contributed by atoms with van der Waals surface area (Å²) in [6.07, 6.45) is 0.863. The second kappa shape index (κ2) is 10.7. The maximum Gasteiger partial charge on any atom is 0.301 e. The van der Waals surface area contributed by atoms with E-state index in [2.05, 4.69) is 17.1 Å². The van der Waals surface area contributed by atoms with E-state index in [9.17, 15) is 14.7 Å². The molecule has 1 aliphatic rings. The summed E-state index contributed by atoms with van der Waals surface area (Å²) >= 11 is 2.79. The molecular formula is C29H25N3O3S2. The number of aliphatic hydroxyl groups excluding tert-OH is 1. The molecule has 6 nitrogen and oxygen atoms in total. The van der Waals surface area contributed by atoms with Crippen LogP contribution >= 0.6 is 23.1 Å². The highest BCUT2D eigenvalue weighted by Crippen LogP contribution is 2.44. The molecule has 0 radical (unpaired) electrons. The lowest BCUT2D eigenvalue weighted by atomic mass is 9.94. The van der Waals surface area contributed by atoms with Crippen molar-refractivity contribution in [1.29, 1.82) is 0 Å². The van der Waals surface area contributed by atoms with E-state index in [1.807, 2.05) is 73.7 Å². The van der Waals surface area contributed by atoms with Crippen LogP contribution in [0.3, 0.4) is 0 Å². The van der Waals surface area contributed by atoms with E-state index in [4.69, 9.17) is 0 Å². The number of amides is 1. The largest absolute Gasteiger partial charge is 0.507 e. The number of benzene rings is 3. The van der Waals surface area contributed by atoms with Crippen molar-refractivity contribution in [1.82, 2.24) is 10.2 Å². The van der Waals surface area contributed by atoms with Gasteiger partial charge in [-0.2, -0.15) is 0 Å². The van der Waals surface area contributed by atoms with Gasteiger partial charge in [0.1, 0.15) is 5.76 Å². The minimum atomic E-state index is -0.813. The van der Waals surface area contributed by atoms with Gasteiger partial charge in [-0.3, -0.25) is 14.5 Å². The maximum atomic E-state index is 13.4. The van der Waals surface area contributed by atoms with Crippen molar-refractivity contribution in [3.63, 3.8) is 0 Å². The van der Waals surface area contributed by atoms with Gasteiger partial charge in [-0.1, -0.05) is 114 Å². The zero-order chi connectivity index (χ0) is 25.9. The number of rotatable bonds is 7. The Balaban J connectivity index is 1.55. The van der Waals surface area contributed by atoms with E-state index in [1.165, 1.54) is 28.0 Å². The number of hydrogen-bond donors (Lipinski definition) is 1. The number of thioether (sulfide) groups is 1. The molecule has 5 rings (SSSR count). The fourth-order valence-electron chi connectivity index (χ4n) is 4.23. The number of aryl methyl sites for hydroxylation is 2. The predicted octanol–water partition coefficient (Wildman–Crippen LogP) is 6.33. The van der Waals surface area contributed by atoms with Crippen LogP contribution in [0.2, 0.25) is 0 Å². The number of aromatic nitrogens is 2. The maximum absolute atomic E-state index is 13.4. The molecule has 1 atom stereocenters. The van der Waals surface area contributed by atoms with E-state index >= 15 is 0 Å². The number of nitrogens with zero attached hydrogens (tertiary/aromatic N) is 3. The van der Waals surface area contributed by atoms with Crippen LogP contribution in [0.15, 0.2) is 88.8 Å². The summed E-state index contributed by atoms with van der Waals surface area (Å²) in [5.41, 5.74) is 4.56. The Morgan fingerprint density at radius 1 is 0.946 bits per heavy atom. The van der Waals surface area contributed by atoms with Crippen LogP contribution in [0.5, 0.6) is 0 Å². The SMILES string of the molecule is CCc1ccc(C2/C(=C(/O)c3ccc(C)cc3)C(=O)C(=O)N2c2nnc(SCc3ccccc3)s2)cc1. The van der Waals surface area contributed by atoms with Gasteiger partial charge in [-0.05, 0) is 30.0 Å². The summed E-state index contributed by atoms with van der Waals surface area (Å²) in [5, 5.41) is 20.1. The Morgan fingerprint density at radius 3 is 2.32 bits per heavy atom. The third-order valence-electron chi connectivity index (χ3n) is 6.28.